The van der Waals surface area contributed by atoms with Gasteiger partial charge in [-0.3, -0.25) is 0 Å². The van der Waals surface area contributed by atoms with Gasteiger partial charge in [0.1, 0.15) is 0 Å². The number of hydrogen-bond donors (Lipinski definition) is 2. The van der Waals surface area contributed by atoms with Crippen LogP contribution in [0.25, 0.3) is 0 Å². The molecule has 1 aromatic rings. The standard InChI is InChI=1S/C11H14ClFN2S/c1-7(2)6-14-11(16)15-9-5-3-4-8(12)10(9)13/h3-5,7H,6H2,1-2H3,(H2,14,15,16). The summed E-state index contributed by atoms with van der Waals surface area (Å²) in [7, 11) is 0. The molecule has 2 N–H and O–H groups in total. The van der Waals surface area contributed by atoms with E-state index >= 15 is 0 Å². The third-order valence-corrected chi connectivity index (χ3v) is 2.41. The highest BCUT2D eigenvalue weighted by molar-refractivity contribution is 7.80. The van der Waals surface area contributed by atoms with Gasteiger partial charge in [-0.05, 0) is 30.3 Å². The fourth-order valence-electron chi connectivity index (χ4n) is 1.06. The van der Waals surface area contributed by atoms with Crippen molar-refractivity contribution in [3.05, 3.63) is 29.0 Å². The summed E-state index contributed by atoms with van der Waals surface area (Å²) in [5.41, 5.74) is 0.286. The van der Waals surface area contributed by atoms with E-state index in [1.807, 2.05) is 0 Å². The Hall–Kier alpha value is -0.870. The smallest absolute Gasteiger partial charge is 0.170 e. The molecule has 5 heteroatoms. The number of halogens is 2. The van der Waals surface area contributed by atoms with Gasteiger partial charge in [0.15, 0.2) is 10.9 Å². The van der Waals surface area contributed by atoms with Crippen molar-refractivity contribution in [2.24, 2.45) is 5.92 Å². The molecule has 0 saturated carbocycles. The zero-order valence-electron chi connectivity index (χ0n) is 9.18. The fourth-order valence-corrected chi connectivity index (χ4v) is 1.43. The second-order valence-corrected chi connectivity index (χ2v) is 4.65. The van der Waals surface area contributed by atoms with Crippen LogP contribution in [-0.2, 0) is 0 Å². The molecule has 0 aliphatic carbocycles. The fraction of sp³-hybridized carbons (Fsp3) is 0.364. The van der Waals surface area contributed by atoms with Crippen molar-refractivity contribution >= 4 is 34.6 Å². The van der Waals surface area contributed by atoms with Gasteiger partial charge in [-0.15, -0.1) is 0 Å². The monoisotopic (exact) mass is 260 g/mol. The third-order valence-electron chi connectivity index (χ3n) is 1.87. The average Bonchev–Trinajstić information content (AvgIpc) is 2.22. The van der Waals surface area contributed by atoms with Gasteiger partial charge >= 0.3 is 0 Å². The maximum Gasteiger partial charge on any atom is 0.170 e. The van der Waals surface area contributed by atoms with E-state index in [-0.39, 0.29) is 10.7 Å². The molecule has 0 aromatic heterocycles. The molecule has 0 atom stereocenters. The summed E-state index contributed by atoms with van der Waals surface area (Å²) in [6.45, 7) is 4.87. The van der Waals surface area contributed by atoms with Crippen LogP contribution in [0.1, 0.15) is 13.8 Å². The van der Waals surface area contributed by atoms with E-state index in [9.17, 15) is 4.39 Å². The van der Waals surface area contributed by atoms with Gasteiger partial charge in [0.2, 0.25) is 0 Å². The van der Waals surface area contributed by atoms with Gasteiger partial charge in [-0.25, -0.2) is 4.39 Å². The van der Waals surface area contributed by atoms with E-state index in [1.165, 1.54) is 6.07 Å². The molecule has 0 amide bonds. The number of anilines is 1. The van der Waals surface area contributed by atoms with Gasteiger partial charge in [-0.2, -0.15) is 0 Å². The quantitative estimate of drug-likeness (QED) is 0.815. The molecule has 0 unspecified atom stereocenters. The van der Waals surface area contributed by atoms with Crippen molar-refractivity contribution in [2.75, 3.05) is 11.9 Å². The second-order valence-electron chi connectivity index (χ2n) is 3.83. The van der Waals surface area contributed by atoms with Gasteiger partial charge in [0.25, 0.3) is 0 Å². The molecule has 0 heterocycles. The van der Waals surface area contributed by atoms with Crippen molar-refractivity contribution in [1.82, 2.24) is 5.32 Å². The lowest BCUT2D eigenvalue weighted by Gasteiger charge is -2.12. The number of nitrogens with one attached hydrogen (secondary N) is 2. The average molecular weight is 261 g/mol. The Kier molecular flexibility index (Phi) is 4.96. The lowest BCUT2D eigenvalue weighted by atomic mass is 10.2. The lowest BCUT2D eigenvalue weighted by molar-refractivity contribution is 0.624. The van der Waals surface area contributed by atoms with Gasteiger partial charge in [-0.1, -0.05) is 31.5 Å². The molecule has 2 nitrogen and oxygen atoms in total. The molecule has 0 bridgehead atoms. The molecule has 0 spiro atoms. The number of thiocarbonyl (C=S) groups is 1. The van der Waals surface area contributed by atoms with Crippen molar-refractivity contribution in [1.29, 1.82) is 0 Å². The first-order valence-corrected chi connectivity index (χ1v) is 5.78. The Labute approximate surface area is 105 Å². The molecule has 16 heavy (non-hydrogen) atoms. The van der Waals surface area contributed by atoms with Crippen LogP contribution in [0, 0.1) is 11.7 Å². The summed E-state index contributed by atoms with van der Waals surface area (Å²) >= 11 is 10.7. The Morgan fingerprint density at radius 2 is 2.19 bits per heavy atom. The highest BCUT2D eigenvalue weighted by Gasteiger charge is 2.07. The van der Waals surface area contributed by atoms with Crippen LogP contribution < -0.4 is 10.6 Å². The summed E-state index contributed by atoms with van der Waals surface area (Å²) < 4.78 is 13.5. The van der Waals surface area contributed by atoms with E-state index in [4.69, 9.17) is 23.8 Å². The van der Waals surface area contributed by atoms with E-state index < -0.39 is 5.82 Å². The van der Waals surface area contributed by atoms with Crippen LogP contribution in [0.3, 0.4) is 0 Å². The second kappa shape index (κ2) is 6.01. The maximum atomic E-state index is 13.5. The first-order chi connectivity index (χ1) is 7.50. The van der Waals surface area contributed by atoms with Crippen LogP contribution in [0.15, 0.2) is 18.2 Å². The first kappa shape index (κ1) is 13.2. The zero-order valence-corrected chi connectivity index (χ0v) is 10.8. The molecular weight excluding hydrogens is 247 g/mol. The minimum Gasteiger partial charge on any atom is -0.362 e. The number of hydrogen-bond acceptors (Lipinski definition) is 1. The molecule has 88 valence electrons. The predicted molar refractivity (Wildman–Crippen MR) is 70.5 cm³/mol. The normalized spacial score (nSPS) is 10.3. The first-order valence-electron chi connectivity index (χ1n) is 4.99. The molecule has 1 rings (SSSR count). The van der Waals surface area contributed by atoms with Crippen molar-refractivity contribution < 1.29 is 4.39 Å². The SMILES string of the molecule is CC(C)CNC(=S)Nc1cccc(Cl)c1F. The van der Waals surface area contributed by atoms with Crippen molar-refractivity contribution in [2.45, 2.75) is 13.8 Å². The van der Waals surface area contributed by atoms with Crippen LogP contribution in [0.2, 0.25) is 5.02 Å². The topological polar surface area (TPSA) is 24.1 Å². The number of rotatable bonds is 3. The molecule has 0 saturated heterocycles. The summed E-state index contributed by atoms with van der Waals surface area (Å²) in [6, 6.07) is 4.75. The van der Waals surface area contributed by atoms with Crippen LogP contribution in [0.4, 0.5) is 10.1 Å². The molecule has 0 aliphatic rings. The summed E-state index contributed by atoms with van der Waals surface area (Å²) in [4.78, 5) is 0. The van der Waals surface area contributed by atoms with Crippen molar-refractivity contribution in [3.8, 4) is 0 Å². The molecule has 0 aliphatic heterocycles. The highest BCUT2D eigenvalue weighted by Crippen LogP contribution is 2.21. The Balaban J connectivity index is 2.59. The van der Waals surface area contributed by atoms with E-state index in [1.54, 1.807) is 12.1 Å². The molecular formula is C11H14ClFN2S. The van der Waals surface area contributed by atoms with Gasteiger partial charge in [0, 0.05) is 6.54 Å². The van der Waals surface area contributed by atoms with Gasteiger partial charge in [0.05, 0.1) is 10.7 Å². The van der Waals surface area contributed by atoms with Crippen LogP contribution in [0.5, 0.6) is 0 Å². The predicted octanol–water partition coefficient (Wildman–Crippen LogP) is 3.42. The van der Waals surface area contributed by atoms with E-state index in [0.717, 1.165) is 6.54 Å². The minimum atomic E-state index is -0.488. The maximum absolute atomic E-state index is 13.5. The molecule has 0 radical (unpaired) electrons. The Bertz CT molecular complexity index is 382. The highest BCUT2D eigenvalue weighted by atomic mass is 35.5. The largest absolute Gasteiger partial charge is 0.362 e. The summed E-state index contributed by atoms with van der Waals surface area (Å²) in [6.07, 6.45) is 0. The van der Waals surface area contributed by atoms with Gasteiger partial charge < -0.3 is 10.6 Å². The van der Waals surface area contributed by atoms with Crippen LogP contribution in [-0.4, -0.2) is 11.7 Å². The lowest BCUT2D eigenvalue weighted by Crippen LogP contribution is -2.31. The Morgan fingerprint density at radius 3 is 2.81 bits per heavy atom. The van der Waals surface area contributed by atoms with E-state index in [2.05, 4.69) is 24.5 Å². The zero-order chi connectivity index (χ0) is 12.1. The summed E-state index contributed by atoms with van der Waals surface area (Å²) in [5.74, 6) is -0.0122. The summed E-state index contributed by atoms with van der Waals surface area (Å²) in [5, 5.41) is 6.23. The minimum absolute atomic E-state index is 0.0802. The Morgan fingerprint density at radius 1 is 1.50 bits per heavy atom. The molecule has 0 fully saturated rings. The van der Waals surface area contributed by atoms with Crippen LogP contribution >= 0.6 is 23.8 Å². The number of benzene rings is 1. The van der Waals surface area contributed by atoms with E-state index in [0.29, 0.717) is 11.0 Å². The molecule has 1 aromatic carbocycles. The van der Waals surface area contributed by atoms with Crippen molar-refractivity contribution in [3.63, 3.8) is 0 Å². The third kappa shape index (κ3) is 3.94.